The van der Waals surface area contributed by atoms with Crippen LogP contribution < -0.4 is 4.90 Å². The highest BCUT2D eigenvalue weighted by Crippen LogP contribution is 2.23. The summed E-state index contributed by atoms with van der Waals surface area (Å²) in [6, 6.07) is 14.0. The predicted octanol–water partition coefficient (Wildman–Crippen LogP) is 3.48. The molecule has 3 heterocycles. The first-order valence-electron chi connectivity index (χ1n) is 9.44. The largest absolute Gasteiger partial charge is 0.352 e. The van der Waals surface area contributed by atoms with E-state index in [-0.39, 0.29) is 11.6 Å². The highest BCUT2D eigenvalue weighted by molar-refractivity contribution is 7.13. The number of amides is 1. The molecular formula is C21H19N5O3S. The molecule has 0 atom stereocenters. The van der Waals surface area contributed by atoms with E-state index >= 15 is 0 Å². The molecule has 3 aromatic rings. The number of nitro benzene ring substituents is 1. The molecule has 0 bridgehead atoms. The molecule has 0 radical (unpaired) electrons. The fourth-order valence-corrected chi connectivity index (χ4v) is 3.88. The number of benzene rings is 1. The topological polar surface area (TPSA) is 92.5 Å². The van der Waals surface area contributed by atoms with E-state index in [0.29, 0.717) is 26.2 Å². The van der Waals surface area contributed by atoms with Gasteiger partial charge in [-0.3, -0.25) is 14.9 Å². The van der Waals surface area contributed by atoms with Gasteiger partial charge in [-0.1, -0.05) is 6.07 Å². The van der Waals surface area contributed by atoms with Gasteiger partial charge >= 0.3 is 0 Å². The molecule has 0 N–H and O–H groups in total. The fourth-order valence-electron chi connectivity index (χ4n) is 3.19. The van der Waals surface area contributed by atoms with Crippen LogP contribution >= 0.6 is 11.3 Å². The first-order chi connectivity index (χ1) is 14.6. The van der Waals surface area contributed by atoms with Gasteiger partial charge in [0, 0.05) is 44.4 Å². The number of nitro groups is 1. The van der Waals surface area contributed by atoms with Crippen molar-refractivity contribution in [1.82, 2.24) is 15.1 Å². The molecule has 1 aromatic carbocycles. The molecule has 1 fully saturated rings. The Bertz CT molecular complexity index is 1040. The van der Waals surface area contributed by atoms with Gasteiger partial charge in [-0.05, 0) is 47.4 Å². The number of rotatable bonds is 5. The molecule has 152 valence electrons. The van der Waals surface area contributed by atoms with Crippen LogP contribution in [0.15, 0.2) is 60.0 Å². The lowest BCUT2D eigenvalue weighted by Gasteiger charge is -2.34. The van der Waals surface area contributed by atoms with Gasteiger partial charge in [0.05, 0.1) is 9.80 Å². The summed E-state index contributed by atoms with van der Waals surface area (Å²) in [6.45, 7) is 2.56. The van der Waals surface area contributed by atoms with Crippen LogP contribution in [-0.4, -0.2) is 52.1 Å². The molecule has 1 saturated heterocycles. The van der Waals surface area contributed by atoms with Gasteiger partial charge in [0.15, 0.2) is 5.82 Å². The first kappa shape index (κ1) is 19.7. The van der Waals surface area contributed by atoms with Crippen molar-refractivity contribution >= 4 is 34.8 Å². The molecule has 0 saturated carbocycles. The summed E-state index contributed by atoms with van der Waals surface area (Å²) in [5.41, 5.74) is 1.63. The van der Waals surface area contributed by atoms with Gasteiger partial charge in [-0.25, -0.2) is 0 Å². The zero-order valence-electron chi connectivity index (χ0n) is 16.0. The Morgan fingerprint density at radius 3 is 2.40 bits per heavy atom. The molecule has 1 aliphatic rings. The minimum Gasteiger partial charge on any atom is -0.352 e. The molecule has 0 aliphatic carbocycles. The number of hydrogen-bond acceptors (Lipinski definition) is 7. The van der Waals surface area contributed by atoms with Gasteiger partial charge in [0.2, 0.25) is 5.91 Å². The Balaban J connectivity index is 1.31. The summed E-state index contributed by atoms with van der Waals surface area (Å²) in [7, 11) is 0. The Morgan fingerprint density at radius 1 is 1.03 bits per heavy atom. The van der Waals surface area contributed by atoms with Crippen LogP contribution in [0.4, 0.5) is 11.5 Å². The van der Waals surface area contributed by atoms with Gasteiger partial charge in [-0.2, -0.15) is 0 Å². The lowest BCUT2D eigenvalue weighted by atomic mass is 10.2. The fraction of sp³-hybridized carbons (Fsp3) is 0.190. The number of non-ortho nitro benzene ring substituents is 1. The zero-order chi connectivity index (χ0) is 20.9. The standard InChI is InChI=1S/C21H19N5O3S/c27-21(10-5-16-3-6-17(7-4-16)26(28)29)25-13-11-24(12-14-25)20-9-8-18(22-23-20)19-2-1-15-30-19/h1-10,15H,11-14H2/b10-5+. The van der Waals surface area contributed by atoms with Crippen LogP contribution in [0, 0.1) is 10.1 Å². The van der Waals surface area contributed by atoms with E-state index in [1.54, 1.807) is 34.4 Å². The Labute approximate surface area is 177 Å². The second kappa shape index (κ2) is 8.83. The Morgan fingerprint density at radius 2 is 1.80 bits per heavy atom. The van der Waals surface area contributed by atoms with Crippen LogP contribution in [-0.2, 0) is 4.79 Å². The van der Waals surface area contributed by atoms with Crippen molar-refractivity contribution < 1.29 is 9.72 Å². The maximum Gasteiger partial charge on any atom is 0.269 e. The number of thiophene rings is 1. The molecule has 4 rings (SSSR count). The van der Waals surface area contributed by atoms with Gasteiger partial charge in [-0.15, -0.1) is 21.5 Å². The molecule has 30 heavy (non-hydrogen) atoms. The van der Waals surface area contributed by atoms with Crippen molar-refractivity contribution in [2.24, 2.45) is 0 Å². The normalized spacial score (nSPS) is 14.3. The van der Waals surface area contributed by atoms with E-state index in [0.717, 1.165) is 22.0 Å². The molecule has 0 unspecified atom stereocenters. The maximum atomic E-state index is 12.5. The van der Waals surface area contributed by atoms with Crippen LogP contribution in [0.5, 0.6) is 0 Å². The number of piperazine rings is 1. The SMILES string of the molecule is O=C(/C=C/c1ccc([N+](=O)[O-])cc1)N1CCN(c2ccc(-c3cccs3)nn2)CC1. The van der Waals surface area contributed by atoms with Crippen LogP contribution in [0.2, 0.25) is 0 Å². The minimum absolute atomic E-state index is 0.0288. The van der Waals surface area contributed by atoms with E-state index in [1.165, 1.54) is 18.2 Å². The summed E-state index contributed by atoms with van der Waals surface area (Å²) in [6.07, 6.45) is 3.18. The number of anilines is 1. The number of aromatic nitrogens is 2. The van der Waals surface area contributed by atoms with Crippen LogP contribution in [0.25, 0.3) is 16.6 Å². The number of carbonyl (C=O) groups excluding carboxylic acids is 1. The van der Waals surface area contributed by atoms with Crippen LogP contribution in [0.1, 0.15) is 5.56 Å². The molecule has 8 nitrogen and oxygen atoms in total. The van der Waals surface area contributed by atoms with E-state index in [1.807, 2.05) is 29.6 Å². The second-order valence-corrected chi connectivity index (χ2v) is 7.70. The maximum absolute atomic E-state index is 12.5. The molecule has 1 aliphatic heterocycles. The third kappa shape index (κ3) is 4.52. The van der Waals surface area contributed by atoms with Crippen molar-refractivity contribution in [1.29, 1.82) is 0 Å². The molecular weight excluding hydrogens is 402 g/mol. The highest BCUT2D eigenvalue weighted by Gasteiger charge is 2.21. The van der Waals surface area contributed by atoms with Gasteiger partial charge in [0.25, 0.3) is 5.69 Å². The minimum atomic E-state index is -0.446. The smallest absolute Gasteiger partial charge is 0.269 e. The van der Waals surface area contributed by atoms with Crippen molar-refractivity contribution in [2.75, 3.05) is 31.1 Å². The van der Waals surface area contributed by atoms with Gasteiger partial charge < -0.3 is 9.80 Å². The third-order valence-corrected chi connectivity index (χ3v) is 5.75. The second-order valence-electron chi connectivity index (χ2n) is 6.75. The summed E-state index contributed by atoms with van der Waals surface area (Å²) >= 11 is 1.63. The third-order valence-electron chi connectivity index (χ3n) is 4.86. The summed E-state index contributed by atoms with van der Waals surface area (Å²) in [5.74, 6) is 0.732. The number of hydrogen-bond donors (Lipinski definition) is 0. The van der Waals surface area contributed by atoms with E-state index in [9.17, 15) is 14.9 Å². The zero-order valence-corrected chi connectivity index (χ0v) is 16.9. The number of carbonyl (C=O) groups is 1. The van der Waals surface area contributed by atoms with Crippen LogP contribution in [0.3, 0.4) is 0 Å². The summed E-state index contributed by atoms with van der Waals surface area (Å²) in [5, 5.41) is 21.4. The van der Waals surface area contributed by atoms with Crippen molar-refractivity contribution in [3.63, 3.8) is 0 Å². The first-order valence-corrected chi connectivity index (χ1v) is 10.3. The average Bonchev–Trinajstić information content (AvgIpc) is 3.33. The highest BCUT2D eigenvalue weighted by atomic mass is 32.1. The number of nitrogens with zero attached hydrogens (tertiary/aromatic N) is 5. The quantitative estimate of drug-likeness (QED) is 0.356. The molecule has 1 amide bonds. The van der Waals surface area contributed by atoms with E-state index in [4.69, 9.17) is 0 Å². The Kier molecular flexibility index (Phi) is 5.80. The summed E-state index contributed by atoms with van der Waals surface area (Å²) < 4.78 is 0. The lowest BCUT2D eigenvalue weighted by Crippen LogP contribution is -2.48. The molecule has 9 heteroatoms. The monoisotopic (exact) mass is 421 g/mol. The average molecular weight is 421 g/mol. The van der Waals surface area contributed by atoms with Gasteiger partial charge in [0.1, 0.15) is 5.69 Å². The van der Waals surface area contributed by atoms with Crippen molar-refractivity contribution in [3.05, 3.63) is 75.7 Å². The lowest BCUT2D eigenvalue weighted by molar-refractivity contribution is -0.384. The van der Waals surface area contributed by atoms with E-state index in [2.05, 4.69) is 15.1 Å². The summed E-state index contributed by atoms with van der Waals surface area (Å²) in [4.78, 5) is 27.7. The van der Waals surface area contributed by atoms with E-state index < -0.39 is 4.92 Å². The van der Waals surface area contributed by atoms with Crippen molar-refractivity contribution in [2.45, 2.75) is 0 Å². The Hall–Kier alpha value is -3.59. The predicted molar refractivity (Wildman–Crippen MR) is 116 cm³/mol. The molecule has 2 aromatic heterocycles. The molecule has 0 spiro atoms. The van der Waals surface area contributed by atoms with Crippen molar-refractivity contribution in [3.8, 4) is 10.6 Å².